The van der Waals surface area contributed by atoms with Gasteiger partial charge in [-0.2, -0.15) is 9.97 Å². The van der Waals surface area contributed by atoms with Crippen molar-refractivity contribution in [3.05, 3.63) is 117 Å². The number of anilines is 4. The number of aromatic amines is 2. The van der Waals surface area contributed by atoms with Crippen LogP contribution in [0.5, 0.6) is 5.88 Å². The molecular weight excluding hydrogens is 773 g/mol. The van der Waals surface area contributed by atoms with E-state index in [0.717, 1.165) is 111 Å². The summed E-state index contributed by atoms with van der Waals surface area (Å²) in [6.45, 7) is 0.978. The smallest absolute Gasteiger partial charge is 0.376 e. The van der Waals surface area contributed by atoms with Crippen molar-refractivity contribution in [2.75, 3.05) is 31.3 Å². The van der Waals surface area contributed by atoms with Crippen LogP contribution in [0.3, 0.4) is 0 Å². The minimum Gasteiger partial charge on any atom is -0.474 e. The molecule has 0 amide bonds. The molecule has 4 aliphatic rings. The second kappa shape index (κ2) is 16.4. The van der Waals surface area contributed by atoms with Crippen molar-refractivity contribution in [1.82, 2.24) is 40.2 Å². The molecule has 3 aromatic heterocycles. The van der Waals surface area contributed by atoms with Gasteiger partial charge >= 0.3 is 11.9 Å². The number of benzene rings is 3. The number of H-pyrrole nitrogens is 2. The predicted octanol–water partition coefficient (Wildman–Crippen LogP) is 7.30. The first-order chi connectivity index (χ1) is 29.9. The Morgan fingerprint density at radius 2 is 1.43 bits per heavy atom. The van der Waals surface area contributed by atoms with Gasteiger partial charge in [0.05, 0.1) is 12.8 Å². The van der Waals surface area contributed by atoms with E-state index in [4.69, 9.17) is 14.2 Å². The second-order valence-electron chi connectivity index (χ2n) is 16.4. The molecule has 15 nitrogen and oxygen atoms in total. The summed E-state index contributed by atoms with van der Waals surface area (Å²) in [6, 6.07) is 19.0. The summed E-state index contributed by atoms with van der Waals surface area (Å²) in [6.07, 6.45) is 13.0. The number of carbonyl (C=O) groups excluding carboxylic acids is 2. The lowest BCUT2D eigenvalue weighted by Gasteiger charge is -2.37. The Bertz CT molecular complexity index is 2590. The van der Waals surface area contributed by atoms with Crippen LogP contribution in [-0.2, 0) is 54.6 Å². The summed E-state index contributed by atoms with van der Waals surface area (Å²) in [5.74, 6) is 0.207. The van der Waals surface area contributed by atoms with Crippen LogP contribution in [0.4, 0.5) is 23.3 Å². The van der Waals surface area contributed by atoms with E-state index in [1.165, 1.54) is 40.5 Å². The van der Waals surface area contributed by atoms with Gasteiger partial charge in [0.2, 0.25) is 29.4 Å². The zero-order valence-corrected chi connectivity index (χ0v) is 34.3. The van der Waals surface area contributed by atoms with Crippen molar-refractivity contribution in [2.24, 2.45) is 0 Å². The molecule has 6 aromatic rings. The fraction of sp³-hybridized carbons (Fsp3) is 0.370. The summed E-state index contributed by atoms with van der Waals surface area (Å²) >= 11 is 0. The number of nitrogens with zero attached hydrogens (tertiary/aromatic N) is 6. The van der Waals surface area contributed by atoms with Crippen LogP contribution in [0.1, 0.15) is 104 Å². The maximum atomic E-state index is 13.0. The number of ether oxygens (including phenoxy) is 3. The zero-order chi connectivity index (χ0) is 41.5. The number of fused-ring (bicyclic) bond motifs is 3. The van der Waals surface area contributed by atoms with Crippen LogP contribution in [0.2, 0.25) is 0 Å². The number of likely N-dealkylation sites (tertiary alicyclic amines) is 1. The number of rotatable bonds is 12. The van der Waals surface area contributed by atoms with Crippen LogP contribution in [0, 0.1) is 0 Å². The van der Waals surface area contributed by atoms with E-state index in [9.17, 15) is 9.59 Å². The highest BCUT2D eigenvalue weighted by Gasteiger charge is 2.30. The van der Waals surface area contributed by atoms with Gasteiger partial charge in [-0.1, -0.05) is 42.5 Å². The van der Waals surface area contributed by atoms with E-state index < -0.39 is 11.9 Å². The molecule has 61 heavy (non-hydrogen) atoms. The lowest BCUT2D eigenvalue weighted by molar-refractivity contribution is 0.0458. The van der Waals surface area contributed by atoms with Gasteiger partial charge in [-0.25, -0.2) is 14.6 Å². The molecule has 1 saturated heterocycles. The van der Waals surface area contributed by atoms with Crippen molar-refractivity contribution < 1.29 is 23.8 Å². The van der Waals surface area contributed by atoms with Gasteiger partial charge in [0, 0.05) is 42.5 Å². The van der Waals surface area contributed by atoms with Gasteiger partial charge in [0.1, 0.15) is 12.7 Å². The minimum absolute atomic E-state index is 0.0331. The molecule has 312 valence electrons. The number of aromatic nitrogens is 7. The Kier molecular flexibility index (Phi) is 10.4. The average molecular weight is 821 g/mol. The normalized spacial score (nSPS) is 18.0. The number of pyridine rings is 1. The SMILES string of the molecule is COC(=O)c1nc(Nc2c(-c3ccnc(OC4CCN(C)C(c5ccc(COC(=O)c6nc(Nc7c8c(cc9c7CCC9)CCC8)n[nH]6)cc5)C4)c3)ccc3c2CCC3)n[nH]1. The first kappa shape index (κ1) is 38.6. The molecule has 4 N–H and O–H groups in total. The molecule has 4 heterocycles. The van der Waals surface area contributed by atoms with Crippen molar-refractivity contribution in [3.8, 4) is 17.0 Å². The van der Waals surface area contributed by atoms with Gasteiger partial charge in [0.15, 0.2) is 0 Å². The first-order valence-corrected chi connectivity index (χ1v) is 21.2. The monoisotopic (exact) mass is 820 g/mol. The van der Waals surface area contributed by atoms with E-state index in [1.807, 2.05) is 24.3 Å². The third kappa shape index (κ3) is 7.81. The Labute approximate surface area is 353 Å². The molecule has 0 bridgehead atoms. The van der Waals surface area contributed by atoms with Crippen LogP contribution in [0.15, 0.2) is 60.8 Å². The Morgan fingerprint density at radius 3 is 2.13 bits per heavy atom. The maximum absolute atomic E-state index is 13.0. The fourth-order valence-corrected chi connectivity index (χ4v) is 9.57. The summed E-state index contributed by atoms with van der Waals surface area (Å²) < 4.78 is 17.1. The fourth-order valence-electron chi connectivity index (χ4n) is 9.57. The van der Waals surface area contributed by atoms with Gasteiger partial charge in [-0.15, -0.1) is 10.2 Å². The largest absolute Gasteiger partial charge is 0.474 e. The highest BCUT2D eigenvalue weighted by atomic mass is 16.5. The number of nitrogens with one attached hydrogen (secondary N) is 4. The van der Waals surface area contributed by atoms with Crippen molar-refractivity contribution in [2.45, 2.75) is 89.4 Å². The third-order valence-electron chi connectivity index (χ3n) is 12.7. The molecule has 1 aliphatic heterocycles. The number of aryl methyl sites for hydroxylation is 3. The third-order valence-corrected chi connectivity index (χ3v) is 12.7. The second-order valence-corrected chi connectivity index (χ2v) is 16.4. The lowest BCUT2D eigenvalue weighted by Crippen LogP contribution is -2.38. The molecule has 2 unspecified atom stereocenters. The summed E-state index contributed by atoms with van der Waals surface area (Å²) in [5, 5.41) is 20.8. The number of carbonyl (C=O) groups is 2. The quantitative estimate of drug-likeness (QED) is 0.0903. The van der Waals surface area contributed by atoms with Crippen LogP contribution < -0.4 is 15.4 Å². The van der Waals surface area contributed by atoms with Gasteiger partial charge in [-0.05, 0) is 127 Å². The van der Waals surface area contributed by atoms with E-state index in [2.05, 4.69) is 88.3 Å². The number of hydrogen-bond donors (Lipinski definition) is 4. The topological polar surface area (TPSA) is 185 Å². The Morgan fingerprint density at radius 1 is 0.770 bits per heavy atom. The summed E-state index contributed by atoms with van der Waals surface area (Å²) in [5.41, 5.74) is 14.1. The molecule has 0 radical (unpaired) electrons. The van der Waals surface area contributed by atoms with Crippen LogP contribution in [0.25, 0.3) is 11.1 Å². The molecule has 1 fully saturated rings. The molecule has 3 aliphatic carbocycles. The molecular formula is C46H48N10O5. The first-order valence-electron chi connectivity index (χ1n) is 21.2. The van der Waals surface area contributed by atoms with E-state index >= 15 is 0 Å². The number of methoxy groups -OCH3 is 1. The molecule has 10 rings (SSSR count). The van der Waals surface area contributed by atoms with E-state index in [0.29, 0.717) is 17.8 Å². The van der Waals surface area contributed by atoms with Gasteiger partial charge in [-0.3, -0.25) is 15.1 Å². The highest BCUT2D eigenvalue weighted by Crippen LogP contribution is 2.41. The molecule has 2 atom stereocenters. The zero-order valence-electron chi connectivity index (χ0n) is 34.3. The Balaban J connectivity index is 0.773. The van der Waals surface area contributed by atoms with Crippen molar-refractivity contribution in [1.29, 1.82) is 0 Å². The molecule has 0 spiro atoms. The predicted molar refractivity (Wildman–Crippen MR) is 227 cm³/mol. The number of piperidine rings is 1. The highest BCUT2D eigenvalue weighted by molar-refractivity contribution is 5.87. The lowest BCUT2D eigenvalue weighted by atomic mass is 9.93. The number of hydrogen-bond acceptors (Lipinski definition) is 13. The average Bonchev–Trinajstić information content (AvgIpc) is 4.15. The molecule has 0 saturated carbocycles. The van der Waals surface area contributed by atoms with Gasteiger partial charge in [0.25, 0.3) is 0 Å². The van der Waals surface area contributed by atoms with Crippen LogP contribution in [-0.4, -0.2) is 79.0 Å². The minimum atomic E-state index is -0.583. The molecule has 3 aromatic carbocycles. The summed E-state index contributed by atoms with van der Waals surface area (Å²) in [4.78, 5) is 40.8. The Hall–Kier alpha value is -6.61. The van der Waals surface area contributed by atoms with Crippen LogP contribution >= 0.6 is 0 Å². The maximum Gasteiger partial charge on any atom is 0.376 e. The van der Waals surface area contributed by atoms with E-state index in [1.54, 1.807) is 6.20 Å². The van der Waals surface area contributed by atoms with Crippen molar-refractivity contribution in [3.63, 3.8) is 0 Å². The van der Waals surface area contributed by atoms with E-state index in [-0.39, 0.29) is 30.4 Å². The van der Waals surface area contributed by atoms with Crippen molar-refractivity contribution >= 4 is 35.2 Å². The van der Waals surface area contributed by atoms with Gasteiger partial charge < -0.3 is 24.8 Å². The number of esters is 2. The summed E-state index contributed by atoms with van der Waals surface area (Å²) in [7, 11) is 3.45. The standard InChI is InChI=1S/C46H48N10O5/c1-56-21-19-32(61-38-23-31(18-20-47-38)36-17-16-27-6-3-9-33(27)39(36)48-45-50-41(52-54-45)43(57)59-2)24-37(56)28-14-12-26(13-15-28)25-60-44(58)42-51-46(55-53-42)49-40-34-10-4-7-29(34)22-30-8-5-11-35(30)40/h12-18,20,22-23,32,37H,3-11,19,21,24-25H2,1-2H3,(H2,48,50,52,54)(H2,49,51,53,55). The molecule has 15 heteroatoms.